The Kier molecular flexibility index (Phi) is 3.33. The summed E-state index contributed by atoms with van der Waals surface area (Å²) in [5.74, 6) is 1.15. The molecule has 2 N–H and O–H groups in total. The summed E-state index contributed by atoms with van der Waals surface area (Å²) < 4.78 is 6.79. The van der Waals surface area contributed by atoms with Gasteiger partial charge in [0.1, 0.15) is 16.4 Å². The maximum atomic E-state index is 12.5. The van der Waals surface area contributed by atoms with Crippen LogP contribution in [-0.2, 0) is 10.3 Å². The number of nitrogens with zero attached hydrogens (tertiary/aromatic N) is 3. The van der Waals surface area contributed by atoms with Crippen molar-refractivity contribution in [3.8, 4) is 11.5 Å². The summed E-state index contributed by atoms with van der Waals surface area (Å²) in [5.41, 5.74) is 6.48. The molecule has 122 valence electrons. The molecule has 0 saturated heterocycles. The molecule has 3 heterocycles. The molecule has 2 aliphatic heterocycles. The van der Waals surface area contributed by atoms with Crippen molar-refractivity contribution in [3.63, 3.8) is 0 Å². The standard InChI is InChI=1S/C16H12BrClN4O2/c1-22-14(23)6-16(21-15(22)19)9-4-8(17)2-3-11(9)24-12-7-20-13(18)5-10(12)16/h2-5,7H,6H2,1H3,(H2,19,21). The second-order valence-corrected chi connectivity index (χ2v) is 7.01. The van der Waals surface area contributed by atoms with Crippen LogP contribution in [0.3, 0.4) is 0 Å². The number of hydrogen-bond donors (Lipinski definition) is 1. The maximum absolute atomic E-state index is 12.5. The first-order valence-electron chi connectivity index (χ1n) is 7.16. The van der Waals surface area contributed by atoms with Gasteiger partial charge in [0.05, 0.1) is 12.6 Å². The molecule has 4 rings (SSSR count). The van der Waals surface area contributed by atoms with Crippen LogP contribution < -0.4 is 10.5 Å². The molecule has 2 aliphatic rings. The van der Waals surface area contributed by atoms with Gasteiger partial charge in [0.15, 0.2) is 11.7 Å². The highest BCUT2D eigenvalue weighted by Crippen LogP contribution is 2.52. The smallest absolute Gasteiger partial charge is 0.232 e. The van der Waals surface area contributed by atoms with Crippen LogP contribution in [-0.4, -0.2) is 28.8 Å². The van der Waals surface area contributed by atoms with Gasteiger partial charge in [0.2, 0.25) is 5.91 Å². The summed E-state index contributed by atoms with van der Waals surface area (Å²) in [6.45, 7) is 0. The fourth-order valence-corrected chi connectivity index (χ4v) is 3.60. The number of pyridine rings is 1. The summed E-state index contributed by atoms with van der Waals surface area (Å²) in [6.07, 6.45) is 1.67. The summed E-state index contributed by atoms with van der Waals surface area (Å²) in [7, 11) is 1.61. The lowest BCUT2D eigenvalue weighted by Crippen LogP contribution is -2.49. The largest absolute Gasteiger partial charge is 0.455 e. The van der Waals surface area contributed by atoms with Crippen molar-refractivity contribution < 1.29 is 9.53 Å². The molecule has 0 aliphatic carbocycles. The van der Waals surface area contributed by atoms with E-state index < -0.39 is 5.54 Å². The quantitative estimate of drug-likeness (QED) is 0.681. The average Bonchev–Trinajstić information content (AvgIpc) is 2.54. The summed E-state index contributed by atoms with van der Waals surface area (Å²) in [4.78, 5) is 22.6. The van der Waals surface area contributed by atoms with Crippen molar-refractivity contribution in [3.05, 3.63) is 51.2 Å². The third-order valence-electron chi connectivity index (χ3n) is 4.32. The van der Waals surface area contributed by atoms with Gasteiger partial charge in [-0.1, -0.05) is 27.5 Å². The molecular weight excluding hydrogens is 396 g/mol. The molecule has 24 heavy (non-hydrogen) atoms. The fourth-order valence-electron chi connectivity index (χ4n) is 3.09. The minimum absolute atomic E-state index is 0.129. The van der Waals surface area contributed by atoms with Crippen LogP contribution in [0.5, 0.6) is 11.5 Å². The first kappa shape index (κ1) is 15.4. The predicted octanol–water partition coefficient (Wildman–Crippen LogP) is 3.02. The van der Waals surface area contributed by atoms with E-state index in [1.165, 1.54) is 4.90 Å². The van der Waals surface area contributed by atoms with E-state index in [1.54, 1.807) is 19.3 Å². The van der Waals surface area contributed by atoms with E-state index >= 15 is 0 Å². The van der Waals surface area contributed by atoms with Crippen molar-refractivity contribution >= 4 is 39.4 Å². The Morgan fingerprint density at radius 3 is 2.83 bits per heavy atom. The van der Waals surface area contributed by atoms with Crippen LogP contribution >= 0.6 is 27.5 Å². The molecule has 1 amide bonds. The lowest BCUT2D eigenvalue weighted by atomic mass is 9.77. The SMILES string of the molecule is CN1C(=O)CC2(N=C1N)c1cc(Br)ccc1Oc1cnc(Cl)cc12. The number of guanidine groups is 1. The van der Waals surface area contributed by atoms with E-state index in [9.17, 15) is 4.79 Å². The van der Waals surface area contributed by atoms with Gasteiger partial charge >= 0.3 is 0 Å². The van der Waals surface area contributed by atoms with Gasteiger partial charge in [-0.3, -0.25) is 9.69 Å². The number of aromatic nitrogens is 1. The highest BCUT2D eigenvalue weighted by molar-refractivity contribution is 9.10. The third kappa shape index (κ3) is 2.12. The van der Waals surface area contributed by atoms with Gasteiger partial charge < -0.3 is 10.5 Å². The molecule has 1 unspecified atom stereocenters. The Labute approximate surface area is 151 Å². The number of nitrogens with two attached hydrogens (primary N) is 1. The van der Waals surface area contributed by atoms with Crippen LogP contribution in [0.1, 0.15) is 17.5 Å². The monoisotopic (exact) mass is 406 g/mol. The zero-order chi connectivity index (χ0) is 17.1. The number of halogens is 2. The van der Waals surface area contributed by atoms with Crippen molar-refractivity contribution in [2.24, 2.45) is 10.7 Å². The number of ether oxygens (including phenoxy) is 1. The molecule has 1 spiro atoms. The topological polar surface area (TPSA) is 80.8 Å². The first-order chi connectivity index (χ1) is 11.4. The Morgan fingerprint density at radius 2 is 2.08 bits per heavy atom. The number of carbonyl (C=O) groups excluding carboxylic acids is 1. The van der Waals surface area contributed by atoms with Gasteiger partial charge in [0, 0.05) is 22.6 Å². The number of aliphatic imine (C=N–C) groups is 1. The number of benzene rings is 1. The lowest BCUT2D eigenvalue weighted by Gasteiger charge is -2.40. The van der Waals surface area contributed by atoms with E-state index in [2.05, 4.69) is 25.9 Å². The van der Waals surface area contributed by atoms with Crippen LogP contribution in [0, 0.1) is 0 Å². The number of rotatable bonds is 0. The molecule has 0 radical (unpaired) electrons. The number of amides is 1. The molecule has 1 atom stereocenters. The Balaban J connectivity index is 2.08. The molecule has 2 aromatic rings. The number of carbonyl (C=O) groups is 1. The molecule has 0 saturated carbocycles. The minimum atomic E-state index is -0.979. The zero-order valence-corrected chi connectivity index (χ0v) is 14.9. The number of fused-ring (bicyclic) bond motifs is 4. The second kappa shape index (κ2) is 5.19. The van der Waals surface area contributed by atoms with Crippen molar-refractivity contribution in [1.82, 2.24) is 9.88 Å². The van der Waals surface area contributed by atoms with E-state index in [1.807, 2.05) is 18.2 Å². The first-order valence-corrected chi connectivity index (χ1v) is 8.33. The normalized spacial score (nSPS) is 21.9. The van der Waals surface area contributed by atoms with E-state index in [4.69, 9.17) is 22.1 Å². The summed E-state index contributed by atoms with van der Waals surface area (Å²) in [6, 6.07) is 7.26. The molecule has 0 fully saturated rings. The Morgan fingerprint density at radius 1 is 1.33 bits per heavy atom. The molecule has 8 heteroatoms. The molecular formula is C16H12BrClN4O2. The summed E-state index contributed by atoms with van der Waals surface area (Å²) >= 11 is 9.56. The van der Waals surface area contributed by atoms with E-state index in [0.717, 1.165) is 10.0 Å². The van der Waals surface area contributed by atoms with Gasteiger partial charge in [-0.15, -0.1) is 0 Å². The highest BCUT2D eigenvalue weighted by atomic mass is 79.9. The van der Waals surface area contributed by atoms with Crippen molar-refractivity contribution in [2.75, 3.05) is 7.05 Å². The number of hydrogen-bond acceptors (Lipinski definition) is 5. The highest BCUT2D eigenvalue weighted by Gasteiger charge is 2.48. The molecule has 1 aromatic carbocycles. The lowest BCUT2D eigenvalue weighted by molar-refractivity contribution is -0.128. The Bertz CT molecular complexity index is 863. The predicted molar refractivity (Wildman–Crippen MR) is 93.3 cm³/mol. The molecule has 0 bridgehead atoms. The van der Waals surface area contributed by atoms with Crippen LogP contribution in [0.4, 0.5) is 0 Å². The van der Waals surface area contributed by atoms with E-state index in [0.29, 0.717) is 22.2 Å². The zero-order valence-electron chi connectivity index (χ0n) is 12.6. The molecule has 6 nitrogen and oxygen atoms in total. The molecule has 1 aromatic heterocycles. The second-order valence-electron chi connectivity index (χ2n) is 5.71. The van der Waals surface area contributed by atoms with Gasteiger partial charge in [-0.2, -0.15) is 0 Å². The van der Waals surface area contributed by atoms with Crippen molar-refractivity contribution in [1.29, 1.82) is 0 Å². The minimum Gasteiger partial charge on any atom is -0.455 e. The van der Waals surface area contributed by atoms with Crippen LogP contribution in [0.15, 0.2) is 39.9 Å². The van der Waals surface area contributed by atoms with Gasteiger partial charge in [-0.05, 0) is 24.3 Å². The summed E-state index contributed by atoms with van der Waals surface area (Å²) in [5, 5.41) is 0.301. The van der Waals surface area contributed by atoms with Gasteiger partial charge in [-0.25, -0.2) is 9.98 Å². The average molecular weight is 408 g/mol. The van der Waals surface area contributed by atoms with Crippen LogP contribution in [0.2, 0.25) is 5.15 Å². The third-order valence-corrected chi connectivity index (χ3v) is 5.02. The fraction of sp³-hybridized carbons (Fsp3) is 0.188. The Hall–Kier alpha value is -2.12. The van der Waals surface area contributed by atoms with Crippen LogP contribution in [0.25, 0.3) is 0 Å². The van der Waals surface area contributed by atoms with E-state index in [-0.39, 0.29) is 18.3 Å². The maximum Gasteiger partial charge on any atom is 0.232 e. The van der Waals surface area contributed by atoms with Crippen molar-refractivity contribution in [2.45, 2.75) is 12.0 Å². The van der Waals surface area contributed by atoms with Gasteiger partial charge in [0.25, 0.3) is 0 Å².